The first kappa shape index (κ1) is 24.7. The lowest BCUT2D eigenvalue weighted by molar-refractivity contribution is -0.117. The van der Waals surface area contributed by atoms with Crippen LogP contribution in [0.2, 0.25) is 0 Å². The van der Waals surface area contributed by atoms with E-state index in [1.807, 2.05) is 57.2 Å². The third kappa shape index (κ3) is 7.04. The highest BCUT2D eigenvalue weighted by Gasteiger charge is 2.25. The van der Waals surface area contributed by atoms with Crippen LogP contribution in [0.3, 0.4) is 0 Å². The van der Waals surface area contributed by atoms with Crippen molar-refractivity contribution < 1.29 is 14.7 Å². The Hall–Kier alpha value is -2.90. The van der Waals surface area contributed by atoms with E-state index in [2.05, 4.69) is 16.0 Å². The van der Waals surface area contributed by atoms with Crippen LogP contribution >= 0.6 is 0 Å². The van der Waals surface area contributed by atoms with E-state index in [0.29, 0.717) is 38.0 Å². The highest BCUT2D eigenvalue weighted by molar-refractivity contribution is 6.00. The van der Waals surface area contributed by atoms with E-state index < -0.39 is 12.1 Å². The van der Waals surface area contributed by atoms with Gasteiger partial charge in [0.15, 0.2) is 0 Å². The Morgan fingerprint density at radius 3 is 2.55 bits per heavy atom. The molecule has 2 amide bonds. The first-order valence-corrected chi connectivity index (χ1v) is 11.8. The van der Waals surface area contributed by atoms with Crippen molar-refractivity contribution in [3.63, 3.8) is 0 Å². The molecule has 0 unspecified atom stereocenters. The molecular weight excluding hydrogens is 416 g/mol. The van der Waals surface area contributed by atoms with Crippen LogP contribution in [0, 0.1) is 0 Å². The van der Waals surface area contributed by atoms with E-state index in [0.717, 1.165) is 23.4 Å². The molecule has 1 aliphatic heterocycles. The number of aliphatic hydroxyl groups is 1. The normalized spacial score (nSPS) is 15.5. The lowest BCUT2D eigenvalue weighted by atomic mass is 10.00. The van der Waals surface area contributed by atoms with E-state index in [1.165, 1.54) is 0 Å². The van der Waals surface area contributed by atoms with Crippen LogP contribution in [0.1, 0.15) is 49.5 Å². The Balaban J connectivity index is 1.83. The zero-order valence-corrected chi connectivity index (χ0v) is 19.8. The highest BCUT2D eigenvalue weighted by Crippen LogP contribution is 2.27. The smallest absolute Gasteiger partial charge is 0.251 e. The predicted molar refractivity (Wildman–Crippen MR) is 133 cm³/mol. The number of nitrogens with zero attached hydrogens (tertiary/aromatic N) is 1. The molecule has 33 heavy (non-hydrogen) atoms. The van der Waals surface area contributed by atoms with Crippen molar-refractivity contribution in [1.82, 2.24) is 10.6 Å². The van der Waals surface area contributed by atoms with Crippen LogP contribution in [0.5, 0.6) is 0 Å². The van der Waals surface area contributed by atoms with E-state index in [1.54, 1.807) is 17.0 Å². The van der Waals surface area contributed by atoms with Gasteiger partial charge in [0.2, 0.25) is 5.91 Å². The molecule has 7 heteroatoms. The van der Waals surface area contributed by atoms with Gasteiger partial charge in [-0.1, -0.05) is 44.2 Å². The van der Waals surface area contributed by atoms with Crippen molar-refractivity contribution in [2.24, 2.45) is 0 Å². The molecule has 0 aliphatic carbocycles. The molecule has 2 aromatic carbocycles. The van der Waals surface area contributed by atoms with Gasteiger partial charge in [-0.25, -0.2) is 0 Å². The molecule has 0 bridgehead atoms. The maximum Gasteiger partial charge on any atom is 0.251 e. The molecular formula is C26H36N4O3. The summed E-state index contributed by atoms with van der Waals surface area (Å²) in [6, 6.07) is 15.1. The van der Waals surface area contributed by atoms with Crippen molar-refractivity contribution in [1.29, 1.82) is 0 Å². The van der Waals surface area contributed by atoms with Crippen molar-refractivity contribution in [3.05, 3.63) is 59.7 Å². The maximum atomic E-state index is 13.3. The van der Waals surface area contributed by atoms with Gasteiger partial charge < -0.3 is 26.0 Å². The van der Waals surface area contributed by atoms with Crippen molar-refractivity contribution in [3.8, 4) is 0 Å². The van der Waals surface area contributed by atoms with Gasteiger partial charge in [-0.05, 0) is 43.5 Å². The largest absolute Gasteiger partial charge is 0.390 e. The summed E-state index contributed by atoms with van der Waals surface area (Å²) >= 11 is 0. The fourth-order valence-electron chi connectivity index (χ4n) is 4.03. The quantitative estimate of drug-likeness (QED) is 0.421. The van der Waals surface area contributed by atoms with Crippen LogP contribution < -0.4 is 20.9 Å². The Bertz CT molecular complexity index is 932. The third-order valence-corrected chi connectivity index (χ3v) is 5.76. The molecule has 4 N–H and O–H groups in total. The van der Waals surface area contributed by atoms with E-state index >= 15 is 0 Å². The van der Waals surface area contributed by atoms with Crippen LogP contribution in [-0.2, 0) is 11.2 Å². The number of benzene rings is 2. The molecule has 178 valence electrons. The molecule has 1 saturated heterocycles. The molecule has 0 aromatic heterocycles. The molecule has 2 atom stereocenters. The number of amides is 2. The minimum Gasteiger partial charge on any atom is -0.390 e. The topological polar surface area (TPSA) is 93.7 Å². The van der Waals surface area contributed by atoms with E-state index in [9.17, 15) is 14.7 Å². The van der Waals surface area contributed by atoms with Crippen molar-refractivity contribution in [2.45, 2.75) is 58.2 Å². The number of hydrogen-bond acceptors (Lipinski definition) is 5. The molecule has 1 heterocycles. The molecule has 0 radical (unpaired) electrons. The van der Waals surface area contributed by atoms with Crippen molar-refractivity contribution >= 4 is 23.2 Å². The summed E-state index contributed by atoms with van der Waals surface area (Å²) in [5.41, 5.74) is 3.02. The van der Waals surface area contributed by atoms with Gasteiger partial charge in [-0.2, -0.15) is 0 Å². The highest BCUT2D eigenvalue weighted by atomic mass is 16.3. The second-order valence-corrected chi connectivity index (χ2v) is 8.85. The SMILES string of the molecule is CCNc1cc(C(=O)N[C@@H](Cc2ccccc2)[C@H](O)CNC(C)C)cc(N2CCCC2=O)c1. The van der Waals surface area contributed by atoms with Crippen LogP contribution in [0.15, 0.2) is 48.5 Å². The Morgan fingerprint density at radius 1 is 1.15 bits per heavy atom. The van der Waals surface area contributed by atoms with Gasteiger partial charge in [0.25, 0.3) is 5.91 Å². The zero-order chi connectivity index (χ0) is 23.8. The average Bonchev–Trinajstić information content (AvgIpc) is 3.23. The number of nitrogens with one attached hydrogen (secondary N) is 3. The van der Waals surface area contributed by atoms with Crippen LogP contribution in [-0.4, -0.2) is 54.7 Å². The number of carbonyl (C=O) groups excluding carboxylic acids is 2. The molecule has 1 fully saturated rings. The predicted octanol–water partition coefficient (Wildman–Crippen LogP) is 2.95. The maximum absolute atomic E-state index is 13.3. The summed E-state index contributed by atoms with van der Waals surface area (Å²) in [7, 11) is 0. The minimum atomic E-state index is -0.756. The van der Waals surface area contributed by atoms with Crippen LogP contribution in [0.4, 0.5) is 11.4 Å². The fourth-order valence-corrected chi connectivity index (χ4v) is 4.03. The van der Waals surface area contributed by atoms with Gasteiger partial charge >= 0.3 is 0 Å². The monoisotopic (exact) mass is 452 g/mol. The number of hydrogen-bond donors (Lipinski definition) is 4. The summed E-state index contributed by atoms with van der Waals surface area (Å²) in [6.07, 6.45) is 1.10. The first-order valence-electron chi connectivity index (χ1n) is 11.8. The number of carbonyl (C=O) groups is 2. The molecule has 0 saturated carbocycles. The second-order valence-electron chi connectivity index (χ2n) is 8.85. The number of aliphatic hydroxyl groups excluding tert-OH is 1. The summed E-state index contributed by atoms with van der Waals surface area (Å²) in [4.78, 5) is 27.3. The molecule has 3 rings (SSSR count). The fraction of sp³-hybridized carbons (Fsp3) is 0.462. The Labute approximate surface area is 196 Å². The molecule has 1 aliphatic rings. The molecule has 2 aromatic rings. The number of anilines is 2. The Morgan fingerprint density at radius 2 is 1.91 bits per heavy atom. The zero-order valence-electron chi connectivity index (χ0n) is 19.8. The van der Waals surface area contributed by atoms with Gasteiger partial charge in [0.1, 0.15) is 0 Å². The van der Waals surface area contributed by atoms with Gasteiger partial charge in [0.05, 0.1) is 12.1 Å². The van der Waals surface area contributed by atoms with E-state index in [-0.39, 0.29) is 17.9 Å². The average molecular weight is 453 g/mol. The van der Waals surface area contributed by atoms with Crippen molar-refractivity contribution in [2.75, 3.05) is 29.9 Å². The van der Waals surface area contributed by atoms with Gasteiger partial charge in [-0.15, -0.1) is 0 Å². The first-order chi connectivity index (χ1) is 15.9. The van der Waals surface area contributed by atoms with Gasteiger partial charge in [0, 0.05) is 49.0 Å². The third-order valence-electron chi connectivity index (χ3n) is 5.76. The lowest BCUT2D eigenvalue weighted by Crippen LogP contribution is -2.49. The summed E-state index contributed by atoms with van der Waals surface area (Å²) in [5, 5.41) is 20.4. The molecule has 0 spiro atoms. The number of rotatable bonds is 11. The summed E-state index contributed by atoms with van der Waals surface area (Å²) in [6.45, 7) is 7.76. The lowest BCUT2D eigenvalue weighted by Gasteiger charge is -2.26. The second kappa shape index (κ2) is 11.8. The Kier molecular flexibility index (Phi) is 8.86. The molecule has 7 nitrogen and oxygen atoms in total. The summed E-state index contributed by atoms with van der Waals surface area (Å²) in [5.74, 6) is -0.195. The standard InChI is InChI=1S/C26H36N4O3/c1-4-27-21-14-20(15-22(16-21)30-12-8-11-25(30)32)26(33)29-23(24(31)17-28-18(2)3)13-19-9-6-5-7-10-19/h5-7,9-10,14-16,18,23-24,27-28,31H,4,8,11-13,17H2,1-3H3,(H,29,33)/t23-,24+/m0/s1. The summed E-state index contributed by atoms with van der Waals surface area (Å²) < 4.78 is 0. The van der Waals surface area contributed by atoms with Crippen LogP contribution in [0.25, 0.3) is 0 Å². The van der Waals surface area contributed by atoms with Gasteiger partial charge in [-0.3, -0.25) is 9.59 Å². The van der Waals surface area contributed by atoms with E-state index in [4.69, 9.17) is 0 Å². The minimum absolute atomic E-state index is 0.0761.